The Morgan fingerprint density at radius 3 is 2.61 bits per heavy atom. The van der Waals surface area contributed by atoms with Gasteiger partial charge in [0.15, 0.2) is 5.76 Å². The average molecular weight is 324 g/mol. The summed E-state index contributed by atoms with van der Waals surface area (Å²) in [7, 11) is 1.59. The van der Waals surface area contributed by atoms with Gasteiger partial charge in [0.1, 0.15) is 12.4 Å². The average Bonchev–Trinajstić information content (AvgIpc) is 2.93. The molecule has 1 N–H and O–H groups in total. The molecule has 1 aromatic rings. The van der Waals surface area contributed by atoms with Crippen LogP contribution in [-0.2, 0) is 16.1 Å². The summed E-state index contributed by atoms with van der Waals surface area (Å²) < 4.78 is 16.2. The molecule has 0 aliphatic carbocycles. The van der Waals surface area contributed by atoms with E-state index in [1.165, 1.54) is 0 Å². The van der Waals surface area contributed by atoms with Crippen LogP contribution in [0.3, 0.4) is 0 Å². The molecule has 1 aliphatic heterocycles. The van der Waals surface area contributed by atoms with Crippen LogP contribution in [0.5, 0.6) is 0 Å². The quantitative estimate of drug-likeness (QED) is 0.867. The van der Waals surface area contributed by atoms with Gasteiger partial charge in [-0.15, -0.1) is 0 Å². The largest absolute Gasteiger partial charge is 0.453 e. The standard InChI is InChI=1S/C17H28N2O4/c1-12-8-19(9-13(2)22-12)17(3,4)11-18-16(20)15-7-6-14(23-15)10-21-5/h6-7,12-13H,8-11H2,1-5H3,(H,18,20). The van der Waals surface area contributed by atoms with Gasteiger partial charge in [-0.3, -0.25) is 9.69 Å². The molecule has 1 saturated heterocycles. The Morgan fingerprint density at radius 2 is 2.00 bits per heavy atom. The molecule has 6 nitrogen and oxygen atoms in total. The molecular weight excluding hydrogens is 296 g/mol. The van der Waals surface area contributed by atoms with Crippen LogP contribution >= 0.6 is 0 Å². The van der Waals surface area contributed by atoms with Gasteiger partial charge in [-0.2, -0.15) is 0 Å². The number of furan rings is 1. The number of morpholine rings is 1. The molecule has 0 aromatic carbocycles. The van der Waals surface area contributed by atoms with Gasteiger partial charge in [0.25, 0.3) is 5.91 Å². The van der Waals surface area contributed by atoms with Gasteiger partial charge in [0.2, 0.25) is 0 Å². The Hall–Kier alpha value is -1.37. The van der Waals surface area contributed by atoms with Crippen molar-refractivity contribution < 1.29 is 18.7 Å². The summed E-state index contributed by atoms with van der Waals surface area (Å²) in [5, 5.41) is 2.97. The maximum absolute atomic E-state index is 12.2. The molecule has 0 bridgehead atoms. The van der Waals surface area contributed by atoms with E-state index in [2.05, 4.69) is 37.9 Å². The molecule has 1 fully saturated rings. The lowest BCUT2D eigenvalue weighted by molar-refractivity contribution is -0.0948. The van der Waals surface area contributed by atoms with Crippen molar-refractivity contribution in [1.29, 1.82) is 0 Å². The smallest absolute Gasteiger partial charge is 0.287 e. The Bertz CT molecular complexity index is 516. The predicted molar refractivity (Wildman–Crippen MR) is 87.4 cm³/mol. The van der Waals surface area contributed by atoms with E-state index >= 15 is 0 Å². The van der Waals surface area contributed by atoms with Crippen LogP contribution in [0.15, 0.2) is 16.5 Å². The number of nitrogens with zero attached hydrogens (tertiary/aromatic N) is 1. The fourth-order valence-corrected chi connectivity index (χ4v) is 2.89. The minimum atomic E-state index is -0.199. The molecular formula is C17H28N2O4. The first-order chi connectivity index (χ1) is 10.8. The number of nitrogens with one attached hydrogen (secondary N) is 1. The summed E-state index contributed by atoms with van der Waals surface area (Å²) in [4.78, 5) is 14.6. The van der Waals surface area contributed by atoms with E-state index in [-0.39, 0.29) is 23.7 Å². The lowest BCUT2D eigenvalue weighted by atomic mass is 10.00. The number of methoxy groups -OCH3 is 1. The van der Waals surface area contributed by atoms with E-state index in [0.29, 0.717) is 24.7 Å². The zero-order valence-corrected chi connectivity index (χ0v) is 14.7. The molecule has 2 unspecified atom stereocenters. The molecule has 0 spiro atoms. The fourth-order valence-electron chi connectivity index (χ4n) is 2.89. The highest BCUT2D eigenvalue weighted by Gasteiger charge is 2.33. The van der Waals surface area contributed by atoms with E-state index in [1.807, 2.05) is 0 Å². The lowest BCUT2D eigenvalue weighted by Crippen LogP contribution is -2.58. The Balaban J connectivity index is 1.91. The Kier molecular flexibility index (Phi) is 5.84. The van der Waals surface area contributed by atoms with E-state index < -0.39 is 0 Å². The molecule has 1 aromatic heterocycles. The van der Waals surface area contributed by atoms with Crippen molar-refractivity contribution in [2.75, 3.05) is 26.7 Å². The number of amides is 1. The van der Waals surface area contributed by atoms with Gasteiger partial charge in [0.05, 0.1) is 12.2 Å². The van der Waals surface area contributed by atoms with Gasteiger partial charge in [-0.25, -0.2) is 0 Å². The molecule has 2 rings (SSSR count). The molecule has 23 heavy (non-hydrogen) atoms. The van der Waals surface area contributed by atoms with E-state index in [4.69, 9.17) is 13.9 Å². The maximum atomic E-state index is 12.2. The zero-order chi connectivity index (χ0) is 17.0. The number of hydrogen-bond acceptors (Lipinski definition) is 5. The predicted octanol–water partition coefficient (Wildman–Crippen LogP) is 2.04. The van der Waals surface area contributed by atoms with Crippen molar-refractivity contribution in [3.63, 3.8) is 0 Å². The van der Waals surface area contributed by atoms with Gasteiger partial charge in [0, 0.05) is 32.3 Å². The van der Waals surface area contributed by atoms with E-state index in [9.17, 15) is 4.79 Å². The number of carbonyl (C=O) groups is 1. The third-order valence-corrected chi connectivity index (χ3v) is 4.13. The van der Waals surface area contributed by atoms with Crippen LogP contribution in [0.4, 0.5) is 0 Å². The van der Waals surface area contributed by atoms with Crippen LogP contribution in [0.1, 0.15) is 44.0 Å². The van der Waals surface area contributed by atoms with Crippen molar-refractivity contribution in [2.24, 2.45) is 0 Å². The first-order valence-electron chi connectivity index (χ1n) is 8.08. The number of ether oxygens (including phenoxy) is 2. The topological polar surface area (TPSA) is 63.9 Å². The van der Waals surface area contributed by atoms with Crippen LogP contribution < -0.4 is 5.32 Å². The second-order valence-electron chi connectivity index (χ2n) is 6.86. The fraction of sp³-hybridized carbons (Fsp3) is 0.706. The minimum absolute atomic E-state index is 0.149. The molecule has 1 aliphatic rings. The Labute approximate surface area is 138 Å². The Morgan fingerprint density at radius 1 is 1.35 bits per heavy atom. The molecule has 1 amide bonds. The maximum Gasteiger partial charge on any atom is 0.287 e. The third kappa shape index (κ3) is 4.80. The molecule has 2 atom stereocenters. The van der Waals surface area contributed by atoms with Gasteiger partial charge < -0.3 is 19.2 Å². The summed E-state index contributed by atoms with van der Waals surface area (Å²) in [6.45, 7) is 11.1. The van der Waals surface area contributed by atoms with Crippen molar-refractivity contribution >= 4 is 5.91 Å². The lowest BCUT2D eigenvalue weighted by Gasteiger charge is -2.45. The van der Waals surface area contributed by atoms with Crippen molar-refractivity contribution in [3.8, 4) is 0 Å². The second-order valence-corrected chi connectivity index (χ2v) is 6.86. The van der Waals surface area contributed by atoms with Crippen LogP contribution in [-0.4, -0.2) is 55.3 Å². The monoisotopic (exact) mass is 324 g/mol. The molecule has 6 heteroatoms. The van der Waals surface area contributed by atoms with Crippen LogP contribution in [0.2, 0.25) is 0 Å². The van der Waals surface area contributed by atoms with Crippen molar-refractivity contribution in [2.45, 2.75) is 52.0 Å². The summed E-state index contributed by atoms with van der Waals surface area (Å²) in [6.07, 6.45) is 0.408. The third-order valence-electron chi connectivity index (χ3n) is 4.13. The summed E-state index contributed by atoms with van der Waals surface area (Å²) >= 11 is 0. The summed E-state index contributed by atoms with van der Waals surface area (Å²) in [5.41, 5.74) is -0.149. The molecule has 0 radical (unpaired) electrons. The number of rotatable bonds is 6. The molecule has 0 saturated carbocycles. The highest BCUT2D eigenvalue weighted by atomic mass is 16.5. The van der Waals surface area contributed by atoms with Gasteiger partial charge in [-0.1, -0.05) is 0 Å². The van der Waals surface area contributed by atoms with Crippen LogP contribution in [0, 0.1) is 0 Å². The highest BCUT2D eigenvalue weighted by Crippen LogP contribution is 2.21. The normalized spacial score (nSPS) is 23.0. The van der Waals surface area contributed by atoms with Crippen molar-refractivity contribution in [3.05, 3.63) is 23.7 Å². The van der Waals surface area contributed by atoms with Crippen LogP contribution in [0.25, 0.3) is 0 Å². The molecule has 130 valence electrons. The highest BCUT2D eigenvalue weighted by molar-refractivity contribution is 5.91. The minimum Gasteiger partial charge on any atom is -0.453 e. The van der Waals surface area contributed by atoms with E-state index in [1.54, 1.807) is 19.2 Å². The zero-order valence-electron chi connectivity index (χ0n) is 14.7. The first-order valence-corrected chi connectivity index (χ1v) is 8.08. The summed E-state index contributed by atoms with van der Waals surface area (Å²) in [5.74, 6) is 0.763. The van der Waals surface area contributed by atoms with E-state index in [0.717, 1.165) is 13.1 Å². The van der Waals surface area contributed by atoms with Gasteiger partial charge in [-0.05, 0) is 39.8 Å². The number of hydrogen-bond donors (Lipinski definition) is 1. The number of carbonyl (C=O) groups excluding carboxylic acids is 1. The first kappa shape index (κ1) is 18.0. The van der Waals surface area contributed by atoms with Gasteiger partial charge >= 0.3 is 0 Å². The summed E-state index contributed by atoms with van der Waals surface area (Å²) in [6, 6.07) is 3.43. The SMILES string of the molecule is COCc1ccc(C(=O)NCC(C)(C)N2CC(C)OC(C)C2)o1. The second kappa shape index (κ2) is 7.47. The van der Waals surface area contributed by atoms with Crippen molar-refractivity contribution in [1.82, 2.24) is 10.2 Å². The molecule has 2 heterocycles.